The summed E-state index contributed by atoms with van der Waals surface area (Å²) < 4.78 is 39.4. The molecule has 10 heteroatoms. The fraction of sp³-hybridized carbons (Fsp3) is 0.0800. The van der Waals surface area contributed by atoms with Gasteiger partial charge in [-0.15, -0.1) is 0 Å². The van der Waals surface area contributed by atoms with Crippen molar-refractivity contribution in [3.63, 3.8) is 0 Å². The molecule has 35 heavy (non-hydrogen) atoms. The van der Waals surface area contributed by atoms with Crippen molar-refractivity contribution < 1.29 is 22.7 Å². The average Bonchev–Trinajstić information content (AvgIpc) is 2.89. The molecule has 0 fully saturated rings. The van der Waals surface area contributed by atoms with E-state index in [0.29, 0.717) is 11.5 Å². The molecule has 0 saturated heterocycles. The van der Waals surface area contributed by atoms with Gasteiger partial charge in [0, 0.05) is 24.2 Å². The highest BCUT2D eigenvalue weighted by Crippen LogP contribution is 2.27. The smallest absolute Gasteiger partial charge is 0.262 e. The third-order valence-electron chi connectivity index (χ3n) is 4.90. The van der Waals surface area contributed by atoms with Crippen molar-refractivity contribution in [2.75, 3.05) is 17.1 Å². The molecule has 0 bridgehead atoms. The number of carbonyl (C=O) groups excluding carboxylic acids is 1. The van der Waals surface area contributed by atoms with Crippen LogP contribution in [0.2, 0.25) is 0 Å². The molecule has 2 aromatic heterocycles. The molecule has 0 aliphatic heterocycles. The maximum absolute atomic E-state index is 12.9. The van der Waals surface area contributed by atoms with Gasteiger partial charge in [0.15, 0.2) is 11.6 Å². The van der Waals surface area contributed by atoms with Gasteiger partial charge < -0.3 is 14.8 Å². The molecular formula is C25H22N4O5S. The molecule has 0 atom stereocenters. The van der Waals surface area contributed by atoms with Crippen molar-refractivity contribution in [1.82, 2.24) is 9.97 Å². The van der Waals surface area contributed by atoms with E-state index in [0.717, 1.165) is 5.56 Å². The minimum Gasteiger partial charge on any atom is -0.495 e. The SMILES string of the molecule is COc1ccccc1NS(=O)(=O)c1cccc(C(=O)Nc2ncccc2OCc2ccncc2)c1. The van der Waals surface area contributed by atoms with Crippen molar-refractivity contribution in [1.29, 1.82) is 0 Å². The topological polar surface area (TPSA) is 120 Å². The monoisotopic (exact) mass is 490 g/mol. The summed E-state index contributed by atoms with van der Waals surface area (Å²) in [5.74, 6) is 0.428. The summed E-state index contributed by atoms with van der Waals surface area (Å²) in [5, 5.41) is 2.69. The highest BCUT2D eigenvalue weighted by atomic mass is 32.2. The van der Waals surface area contributed by atoms with E-state index in [9.17, 15) is 13.2 Å². The van der Waals surface area contributed by atoms with Crippen LogP contribution in [0.3, 0.4) is 0 Å². The quantitative estimate of drug-likeness (QED) is 0.362. The van der Waals surface area contributed by atoms with E-state index >= 15 is 0 Å². The van der Waals surface area contributed by atoms with Crippen LogP contribution < -0.4 is 19.5 Å². The number of amides is 1. The van der Waals surface area contributed by atoms with E-state index in [1.54, 1.807) is 48.8 Å². The third kappa shape index (κ3) is 5.92. The van der Waals surface area contributed by atoms with E-state index in [1.165, 1.54) is 37.6 Å². The Morgan fingerprint density at radius 1 is 0.914 bits per heavy atom. The standard InChI is InChI=1S/C25H22N4O5S/c1-33-22-9-3-2-8-21(22)29-35(31,32)20-7-4-6-19(16-20)25(30)28-24-23(10-5-13-27-24)34-17-18-11-14-26-15-12-18/h2-16,29H,17H2,1H3,(H,27,28,30). The van der Waals surface area contributed by atoms with Gasteiger partial charge in [-0.3, -0.25) is 14.5 Å². The fourth-order valence-corrected chi connectivity index (χ4v) is 4.27. The largest absolute Gasteiger partial charge is 0.495 e. The van der Waals surface area contributed by atoms with E-state index in [2.05, 4.69) is 20.0 Å². The van der Waals surface area contributed by atoms with Crippen LogP contribution in [0.15, 0.2) is 96.3 Å². The number of nitrogens with one attached hydrogen (secondary N) is 2. The summed E-state index contributed by atoms with van der Waals surface area (Å²) in [7, 11) is -2.53. The van der Waals surface area contributed by atoms with Gasteiger partial charge in [0.1, 0.15) is 12.4 Å². The van der Waals surface area contributed by atoms with Crippen LogP contribution in [0.4, 0.5) is 11.5 Å². The number of pyridine rings is 2. The summed E-state index contributed by atoms with van der Waals surface area (Å²) in [5.41, 5.74) is 1.33. The first-order valence-corrected chi connectivity index (χ1v) is 12.0. The first-order valence-electron chi connectivity index (χ1n) is 10.5. The first-order chi connectivity index (χ1) is 17.0. The number of rotatable bonds is 9. The van der Waals surface area contributed by atoms with Crippen molar-refractivity contribution in [2.45, 2.75) is 11.5 Å². The Kier molecular flexibility index (Phi) is 7.22. The van der Waals surface area contributed by atoms with Crippen LogP contribution in [0.25, 0.3) is 0 Å². The highest BCUT2D eigenvalue weighted by molar-refractivity contribution is 7.92. The number of benzene rings is 2. The number of carbonyl (C=O) groups is 1. The number of sulfonamides is 1. The van der Waals surface area contributed by atoms with Crippen LogP contribution >= 0.6 is 0 Å². The van der Waals surface area contributed by atoms with Crippen LogP contribution in [0, 0.1) is 0 Å². The first kappa shape index (κ1) is 23.7. The van der Waals surface area contributed by atoms with Gasteiger partial charge in [-0.2, -0.15) is 0 Å². The molecule has 4 rings (SSSR count). The number of methoxy groups -OCH3 is 1. The highest BCUT2D eigenvalue weighted by Gasteiger charge is 2.19. The minimum atomic E-state index is -3.98. The molecule has 1 amide bonds. The zero-order valence-electron chi connectivity index (χ0n) is 18.7. The number of ether oxygens (including phenoxy) is 2. The lowest BCUT2D eigenvalue weighted by atomic mass is 10.2. The van der Waals surface area contributed by atoms with Gasteiger partial charge in [0.05, 0.1) is 17.7 Å². The fourth-order valence-electron chi connectivity index (χ4n) is 3.16. The second-order valence-electron chi connectivity index (χ2n) is 7.28. The molecule has 0 aliphatic carbocycles. The Balaban J connectivity index is 1.51. The summed E-state index contributed by atoms with van der Waals surface area (Å²) in [6.07, 6.45) is 4.84. The molecule has 0 aliphatic rings. The summed E-state index contributed by atoms with van der Waals surface area (Å²) in [4.78, 5) is 21.0. The molecule has 2 heterocycles. The molecule has 0 saturated carbocycles. The van der Waals surface area contributed by atoms with Gasteiger partial charge in [-0.05, 0) is 60.2 Å². The number of hydrogen-bond acceptors (Lipinski definition) is 7. The molecular weight excluding hydrogens is 468 g/mol. The Hall–Kier alpha value is -4.44. The molecule has 2 aromatic carbocycles. The third-order valence-corrected chi connectivity index (χ3v) is 6.27. The number of hydrogen-bond donors (Lipinski definition) is 2. The van der Waals surface area contributed by atoms with Crippen molar-refractivity contribution >= 4 is 27.4 Å². The van der Waals surface area contributed by atoms with Crippen LogP contribution in [-0.2, 0) is 16.6 Å². The van der Waals surface area contributed by atoms with Crippen LogP contribution in [0.5, 0.6) is 11.5 Å². The maximum atomic E-state index is 12.9. The number of aromatic nitrogens is 2. The van der Waals surface area contributed by atoms with Gasteiger partial charge in [-0.1, -0.05) is 18.2 Å². The van der Waals surface area contributed by atoms with E-state index in [1.807, 2.05) is 12.1 Å². The Morgan fingerprint density at radius 2 is 1.69 bits per heavy atom. The number of nitrogens with zero attached hydrogens (tertiary/aromatic N) is 2. The Labute approximate surface area is 202 Å². The predicted molar refractivity (Wildman–Crippen MR) is 131 cm³/mol. The van der Waals surface area contributed by atoms with E-state index in [4.69, 9.17) is 9.47 Å². The lowest BCUT2D eigenvalue weighted by Crippen LogP contribution is -2.17. The van der Waals surface area contributed by atoms with Gasteiger partial charge >= 0.3 is 0 Å². The zero-order valence-corrected chi connectivity index (χ0v) is 19.5. The van der Waals surface area contributed by atoms with Crippen LogP contribution in [-0.4, -0.2) is 31.4 Å². The van der Waals surface area contributed by atoms with Crippen LogP contribution in [0.1, 0.15) is 15.9 Å². The molecule has 0 unspecified atom stereocenters. The average molecular weight is 491 g/mol. The zero-order chi connectivity index (χ0) is 24.7. The summed E-state index contributed by atoms with van der Waals surface area (Å²) in [6, 6.07) is 19.3. The molecule has 4 aromatic rings. The van der Waals surface area contributed by atoms with E-state index < -0.39 is 15.9 Å². The lowest BCUT2D eigenvalue weighted by Gasteiger charge is -2.13. The second-order valence-corrected chi connectivity index (χ2v) is 8.96. The van der Waals surface area contributed by atoms with Gasteiger partial charge in [0.25, 0.3) is 15.9 Å². The second kappa shape index (κ2) is 10.7. The molecule has 0 radical (unpaired) electrons. The Morgan fingerprint density at radius 3 is 2.49 bits per heavy atom. The van der Waals surface area contributed by atoms with Crippen molar-refractivity contribution in [3.8, 4) is 11.5 Å². The normalized spacial score (nSPS) is 10.9. The summed E-state index contributed by atoms with van der Waals surface area (Å²) >= 11 is 0. The number of para-hydroxylation sites is 2. The summed E-state index contributed by atoms with van der Waals surface area (Å²) in [6.45, 7) is 0.263. The van der Waals surface area contributed by atoms with Crippen molar-refractivity contribution in [2.24, 2.45) is 0 Å². The predicted octanol–water partition coefficient (Wildman–Crippen LogP) is 4.12. The van der Waals surface area contributed by atoms with E-state index in [-0.39, 0.29) is 28.6 Å². The molecule has 2 N–H and O–H groups in total. The minimum absolute atomic E-state index is 0.0776. The van der Waals surface area contributed by atoms with Gasteiger partial charge in [0.2, 0.25) is 0 Å². The maximum Gasteiger partial charge on any atom is 0.262 e. The van der Waals surface area contributed by atoms with Gasteiger partial charge in [-0.25, -0.2) is 13.4 Å². The van der Waals surface area contributed by atoms with Crippen molar-refractivity contribution in [3.05, 3.63) is 103 Å². The number of anilines is 2. The lowest BCUT2D eigenvalue weighted by molar-refractivity contribution is 0.102. The Bertz CT molecular complexity index is 1430. The molecule has 9 nitrogen and oxygen atoms in total. The molecule has 178 valence electrons. The molecule has 0 spiro atoms.